The summed E-state index contributed by atoms with van der Waals surface area (Å²) < 4.78 is 51.1. The highest BCUT2D eigenvalue weighted by Crippen LogP contribution is 2.18. The maximum atomic E-state index is 11.6. The fourth-order valence-corrected chi connectivity index (χ4v) is 3.02. The Morgan fingerprint density at radius 3 is 2.33 bits per heavy atom. The standard InChI is InChI=1S/C7H15N5O4S2/c1-5(2)10-18(15,16)11-7-6(17(8,13)14)4-12(3)9-7/h4-5,10H,1-3H3,(H,9,11)(H2,8,13,14). The second kappa shape index (κ2) is 4.84. The Hall–Kier alpha value is -1.17. The molecule has 0 unspecified atom stereocenters. The normalized spacial score (nSPS) is 12.9. The molecule has 9 nitrogen and oxygen atoms in total. The number of primary sulfonamides is 1. The van der Waals surface area contributed by atoms with Crippen molar-refractivity contribution in [2.45, 2.75) is 24.8 Å². The lowest BCUT2D eigenvalue weighted by Crippen LogP contribution is -2.35. The molecule has 0 radical (unpaired) electrons. The minimum atomic E-state index is -4.05. The lowest BCUT2D eigenvalue weighted by atomic mass is 10.4. The molecule has 0 aliphatic carbocycles. The summed E-state index contributed by atoms with van der Waals surface area (Å²) in [4.78, 5) is -0.390. The molecule has 1 aromatic heterocycles. The lowest BCUT2D eigenvalue weighted by Gasteiger charge is -2.10. The number of nitrogens with one attached hydrogen (secondary N) is 2. The van der Waals surface area contributed by atoms with E-state index in [1.54, 1.807) is 13.8 Å². The van der Waals surface area contributed by atoms with Crippen LogP contribution in [0.3, 0.4) is 0 Å². The van der Waals surface area contributed by atoms with Gasteiger partial charge in [-0.15, -0.1) is 0 Å². The molecule has 0 spiro atoms. The van der Waals surface area contributed by atoms with E-state index in [0.717, 1.165) is 10.9 Å². The lowest BCUT2D eigenvalue weighted by molar-refractivity contribution is 0.575. The second-order valence-corrected chi connectivity index (χ2v) is 6.92. The summed E-state index contributed by atoms with van der Waals surface area (Å²) in [6, 6.07) is -0.343. The highest BCUT2D eigenvalue weighted by atomic mass is 32.2. The molecule has 1 rings (SSSR count). The van der Waals surface area contributed by atoms with E-state index in [1.165, 1.54) is 7.05 Å². The minimum Gasteiger partial charge on any atom is -0.272 e. The summed E-state index contributed by atoms with van der Waals surface area (Å²) in [5, 5.41) is 8.65. The van der Waals surface area contributed by atoms with Crippen LogP contribution in [0.5, 0.6) is 0 Å². The summed E-state index contributed by atoms with van der Waals surface area (Å²) >= 11 is 0. The number of rotatable bonds is 5. The maximum Gasteiger partial charge on any atom is 0.300 e. The molecule has 104 valence electrons. The number of nitrogens with two attached hydrogens (primary N) is 1. The van der Waals surface area contributed by atoms with E-state index in [-0.39, 0.29) is 16.8 Å². The van der Waals surface area contributed by atoms with Crippen LogP contribution < -0.4 is 14.6 Å². The molecule has 1 aromatic rings. The molecule has 0 bridgehead atoms. The van der Waals surface area contributed by atoms with E-state index in [9.17, 15) is 16.8 Å². The second-order valence-electron chi connectivity index (χ2n) is 3.94. The van der Waals surface area contributed by atoms with Crippen LogP contribution in [-0.2, 0) is 27.3 Å². The minimum absolute atomic E-state index is 0.340. The smallest absolute Gasteiger partial charge is 0.272 e. The van der Waals surface area contributed by atoms with E-state index >= 15 is 0 Å². The fourth-order valence-electron chi connectivity index (χ4n) is 1.21. The Balaban J connectivity index is 3.13. The molecule has 0 saturated carbocycles. The van der Waals surface area contributed by atoms with Gasteiger partial charge in [-0.3, -0.25) is 9.40 Å². The van der Waals surface area contributed by atoms with Gasteiger partial charge in [-0.25, -0.2) is 13.6 Å². The van der Waals surface area contributed by atoms with Crippen LogP contribution in [0, 0.1) is 0 Å². The number of anilines is 1. The monoisotopic (exact) mass is 297 g/mol. The third kappa shape index (κ3) is 3.94. The van der Waals surface area contributed by atoms with E-state index in [0.29, 0.717) is 0 Å². The molecule has 0 aliphatic rings. The molecule has 4 N–H and O–H groups in total. The first-order valence-electron chi connectivity index (χ1n) is 4.88. The van der Waals surface area contributed by atoms with Crippen molar-refractivity contribution >= 4 is 26.1 Å². The highest BCUT2D eigenvalue weighted by Gasteiger charge is 2.22. The van der Waals surface area contributed by atoms with Crippen LogP contribution in [0.15, 0.2) is 11.1 Å². The van der Waals surface area contributed by atoms with Gasteiger partial charge in [0.1, 0.15) is 4.90 Å². The van der Waals surface area contributed by atoms with Gasteiger partial charge in [-0.2, -0.15) is 18.2 Å². The predicted octanol–water partition coefficient (Wildman–Crippen LogP) is -1.28. The molecule has 11 heteroatoms. The molecule has 0 aliphatic heterocycles. The van der Waals surface area contributed by atoms with E-state index in [2.05, 4.69) is 9.82 Å². The summed E-state index contributed by atoms with van der Waals surface area (Å²) in [7, 11) is -6.50. The molecule has 0 saturated heterocycles. The van der Waals surface area contributed by atoms with Crippen molar-refractivity contribution < 1.29 is 16.8 Å². The molecule has 0 atom stereocenters. The van der Waals surface area contributed by atoms with Gasteiger partial charge in [0, 0.05) is 19.3 Å². The number of aryl methyl sites for hydroxylation is 1. The van der Waals surface area contributed by atoms with Gasteiger partial charge in [0.25, 0.3) is 0 Å². The van der Waals surface area contributed by atoms with Crippen molar-refractivity contribution in [1.82, 2.24) is 14.5 Å². The van der Waals surface area contributed by atoms with E-state index in [4.69, 9.17) is 5.14 Å². The number of hydrogen-bond donors (Lipinski definition) is 3. The summed E-state index contributed by atoms with van der Waals surface area (Å²) in [6.45, 7) is 3.25. The van der Waals surface area contributed by atoms with Crippen LogP contribution in [-0.4, -0.2) is 32.7 Å². The molecule has 18 heavy (non-hydrogen) atoms. The number of sulfonamides is 1. The number of nitrogens with zero attached hydrogens (tertiary/aromatic N) is 2. The summed E-state index contributed by atoms with van der Waals surface area (Å²) in [5.41, 5.74) is 0. The van der Waals surface area contributed by atoms with E-state index in [1.807, 2.05) is 4.72 Å². The van der Waals surface area contributed by atoms with Crippen LogP contribution in [0.25, 0.3) is 0 Å². The van der Waals surface area contributed by atoms with Gasteiger partial charge in [0.2, 0.25) is 10.0 Å². The summed E-state index contributed by atoms with van der Waals surface area (Å²) in [5.74, 6) is -0.340. The van der Waals surface area contributed by atoms with Crippen molar-refractivity contribution in [3.63, 3.8) is 0 Å². The SMILES string of the molecule is CC(C)NS(=O)(=O)Nc1nn(C)cc1S(N)(=O)=O. The Morgan fingerprint density at radius 2 is 1.89 bits per heavy atom. The fraction of sp³-hybridized carbons (Fsp3) is 0.571. The zero-order valence-electron chi connectivity index (χ0n) is 10.1. The topological polar surface area (TPSA) is 136 Å². The molecule has 0 amide bonds. The highest BCUT2D eigenvalue weighted by molar-refractivity contribution is 7.91. The number of aromatic nitrogens is 2. The van der Waals surface area contributed by atoms with Crippen molar-refractivity contribution in [2.24, 2.45) is 12.2 Å². The summed E-state index contributed by atoms with van der Waals surface area (Å²) in [6.07, 6.45) is 1.11. The third-order valence-electron chi connectivity index (χ3n) is 1.72. The third-order valence-corrected chi connectivity index (χ3v) is 3.88. The van der Waals surface area contributed by atoms with Crippen molar-refractivity contribution in [3.8, 4) is 0 Å². The average Bonchev–Trinajstić information content (AvgIpc) is 2.41. The van der Waals surface area contributed by atoms with Gasteiger partial charge < -0.3 is 0 Å². The molecule has 1 heterocycles. The van der Waals surface area contributed by atoms with E-state index < -0.39 is 20.2 Å². The molecule has 0 aromatic carbocycles. The van der Waals surface area contributed by atoms with Crippen molar-refractivity contribution in [1.29, 1.82) is 0 Å². The van der Waals surface area contributed by atoms with Gasteiger partial charge in [-0.1, -0.05) is 0 Å². The molecular formula is C7H15N5O4S2. The number of hydrogen-bond acceptors (Lipinski definition) is 5. The maximum absolute atomic E-state index is 11.6. The first-order valence-corrected chi connectivity index (χ1v) is 7.91. The van der Waals surface area contributed by atoms with Crippen LogP contribution in [0.1, 0.15) is 13.8 Å². The van der Waals surface area contributed by atoms with Gasteiger partial charge >= 0.3 is 10.2 Å². The Morgan fingerprint density at radius 1 is 1.33 bits per heavy atom. The quantitative estimate of drug-likeness (QED) is 0.622. The van der Waals surface area contributed by atoms with Gasteiger partial charge in [0.05, 0.1) is 0 Å². The largest absolute Gasteiger partial charge is 0.300 e. The average molecular weight is 297 g/mol. The zero-order chi connectivity index (χ0) is 14.1. The van der Waals surface area contributed by atoms with Crippen LogP contribution >= 0.6 is 0 Å². The van der Waals surface area contributed by atoms with Crippen LogP contribution in [0.2, 0.25) is 0 Å². The molecular weight excluding hydrogens is 282 g/mol. The first kappa shape index (κ1) is 14.9. The van der Waals surface area contributed by atoms with Gasteiger partial charge in [0.15, 0.2) is 5.82 Å². The first-order chi connectivity index (χ1) is 8.01. The molecule has 0 fully saturated rings. The Kier molecular flexibility index (Phi) is 4.00. The Labute approximate surface area is 106 Å². The van der Waals surface area contributed by atoms with Crippen molar-refractivity contribution in [3.05, 3.63) is 6.20 Å². The van der Waals surface area contributed by atoms with Gasteiger partial charge in [-0.05, 0) is 13.8 Å². The predicted molar refractivity (Wildman–Crippen MR) is 65.4 cm³/mol. The zero-order valence-corrected chi connectivity index (χ0v) is 11.7. The van der Waals surface area contributed by atoms with Crippen LogP contribution in [0.4, 0.5) is 5.82 Å². The van der Waals surface area contributed by atoms with Crippen molar-refractivity contribution in [2.75, 3.05) is 4.72 Å². The Bertz CT molecular complexity index is 631.